The minimum atomic E-state index is -0.837. The number of halogens is 3. The van der Waals surface area contributed by atoms with Crippen molar-refractivity contribution in [3.8, 4) is 0 Å². The quantitative estimate of drug-likeness (QED) is 0.752. The van der Waals surface area contributed by atoms with E-state index in [9.17, 15) is 13.6 Å². The van der Waals surface area contributed by atoms with Crippen molar-refractivity contribution in [2.75, 3.05) is 11.1 Å². The summed E-state index contributed by atoms with van der Waals surface area (Å²) >= 11 is 4.22. The molecular formula is C14H14BrF2N5OS. The van der Waals surface area contributed by atoms with Crippen molar-refractivity contribution in [3.05, 3.63) is 28.2 Å². The summed E-state index contributed by atoms with van der Waals surface area (Å²) in [4.78, 5) is 12.0. The Balaban J connectivity index is 1.62. The van der Waals surface area contributed by atoms with Gasteiger partial charge in [-0.05, 0) is 45.3 Å². The third-order valence-corrected chi connectivity index (χ3v) is 5.30. The van der Waals surface area contributed by atoms with Crippen molar-refractivity contribution in [3.63, 3.8) is 0 Å². The van der Waals surface area contributed by atoms with Gasteiger partial charge in [-0.25, -0.2) is 13.5 Å². The van der Waals surface area contributed by atoms with Crippen LogP contribution in [0.5, 0.6) is 0 Å². The van der Waals surface area contributed by atoms with E-state index < -0.39 is 17.5 Å². The molecular weight excluding hydrogens is 404 g/mol. The highest BCUT2D eigenvalue weighted by molar-refractivity contribution is 9.10. The Bertz CT molecular complexity index is 728. The van der Waals surface area contributed by atoms with Crippen molar-refractivity contribution in [1.29, 1.82) is 0 Å². The minimum absolute atomic E-state index is 0.0242. The van der Waals surface area contributed by atoms with Crippen molar-refractivity contribution >= 4 is 39.3 Å². The van der Waals surface area contributed by atoms with E-state index in [0.717, 1.165) is 31.7 Å². The lowest BCUT2D eigenvalue weighted by atomic mass is 10.3. The van der Waals surface area contributed by atoms with Gasteiger partial charge >= 0.3 is 0 Å². The molecule has 2 aromatic rings. The smallest absolute Gasteiger partial charge is 0.234 e. The molecule has 0 bridgehead atoms. The number of benzene rings is 1. The van der Waals surface area contributed by atoms with E-state index in [1.165, 1.54) is 11.8 Å². The lowest BCUT2D eigenvalue weighted by Gasteiger charge is -2.11. The number of thioether (sulfide) groups is 1. The van der Waals surface area contributed by atoms with Crippen molar-refractivity contribution in [1.82, 2.24) is 20.2 Å². The van der Waals surface area contributed by atoms with E-state index in [0.29, 0.717) is 11.2 Å². The molecule has 0 saturated heterocycles. The van der Waals surface area contributed by atoms with Gasteiger partial charge in [0.1, 0.15) is 5.82 Å². The number of hydrogen-bond donors (Lipinski definition) is 1. The molecule has 6 nitrogen and oxygen atoms in total. The maximum atomic E-state index is 13.7. The van der Waals surface area contributed by atoms with Crippen LogP contribution in [0.3, 0.4) is 0 Å². The summed E-state index contributed by atoms with van der Waals surface area (Å²) in [5, 5.41) is 14.6. The molecule has 1 aliphatic rings. The van der Waals surface area contributed by atoms with Crippen LogP contribution in [0.25, 0.3) is 0 Å². The average molecular weight is 418 g/mol. The predicted molar refractivity (Wildman–Crippen MR) is 88.7 cm³/mol. The number of nitrogens with one attached hydrogen (secondary N) is 1. The van der Waals surface area contributed by atoms with Crippen LogP contribution in [-0.4, -0.2) is 31.9 Å². The number of carbonyl (C=O) groups excluding carboxylic acids is 1. The second-order valence-corrected chi connectivity index (χ2v) is 7.22. The molecule has 1 heterocycles. The third-order valence-electron chi connectivity index (χ3n) is 3.74. The Hall–Kier alpha value is -1.55. The summed E-state index contributed by atoms with van der Waals surface area (Å²) in [6, 6.07) is 2.08. The molecule has 0 aliphatic heterocycles. The molecule has 1 fully saturated rings. The molecule has 128 valence electrons. The lowest BCUT2D eigenvalue weighted by molar-refractivity contribution is -0.113. The van der Waals surface area contributed by atoms with Crippen LogP contribution in [0.4, 0.5) is 14.5 Å². The van der Waals surface area contributed by atoms with E-state index in [-0.39, 0.29) is 22.0 Å². The zero-order valence-electron chi connectivity index (χ0n) is 12.5. The first-order chi connectivity index (χ1) is 11.5. The molecule has 0 unspecified atom stereocenters. The summed E-state index contributed by atoms with van der Waals surface area (Å²) in [5.41, 5.74) is -0.0858. The fraction of sp³-hybridized carbons (Fsp3) is 0.429. The largest absolute Gasteiger partial charge is 0.322 e. The summed E-state index contributed by atoms with van der Waals surface area (Å²) in [5.74, 6) is -1.96. The Morgan fingerprint density at radius 2 is 2.12 bits per heavy atom. The van der Waals surface area contributed by atoms with Crippen LogP contribution in [0.2, 0.25) is 0 Å². The van der Waals surface area contributed by atoms with E-state index in [4.69, 9.17) is 0 Å². The highest BCUT2D eigenvalue weighted by Gasteiger charge is 2.22. The molecule has 24 heavy (non-hydrogen) atoms. The van der Waals surface area contributed by atoms with Crippen LogP contribution in [-0.2, 0) is 4.79 Å². The van der Waals surface area contributed by atoms with Gasteiger partial charge in [-0.15, -0.1) is 5.10 Å². The van der Waals surface area contributed by atoms with Crippen LogP contribution < -0.4 is 5.32 Å². The zero-order valence-corrected chi connectivity index (χ0v) is 14.9. The monoisotopic (exact) mass is 417 g/mol. The number of rotatable bonds is 5. The normalized spacial score (nSPS) is 15.0. The maximum Gasteiger partial charge on any atom is 0.234 e. The van der Waals surface area contributed by atoms with Crippen molar-refractivity contribution in [2.24, 2.45) is 0 Å². The summed E-state index contributed by atoms with van der Waals surface area (Å²) in [6.45, 7) is 0. The number of amides is 1. The third kappa shape index (κ3) is 3.92. The van der Waals surface area contributed by atoms with Gasteiger partial charge in [0.2, 0.25) is 11.1 Å². The highest BCUT2D eigenvalue weighted by Crippen LogP contribution is 2.31. The van der Waals surface area contributed by atoms with E-state index in [2.05, 4.69) is 36.8 Å². The molecule has 1 aromatic carbocycles. The van der Waals surface area contributed by atoms with E-state index in [1.807, 2.05) is 0 Å². The SMILES string of the molecule is O=C(CSc1nnnn1C1CCCC1)Nc1c(F)cc(F)cc1Br. The van der Waals surface area contributed by atoms with Crippen LogP contribution in [0.1, 0.15) is 31.7 Å². The average Bonchev–Trinajstić information content (AvgIpc) is 3.19. The molecule has 1 aliphatic carbocycles. The van der Waals surface area contributed by atoms with Crippen molar-refractivity contribution in [2.45, 2.75) is 36.9 Å². The number of aromatic nitrogens is 4. The van der Waals surface area contributed by atoms with Crippen LogP contribution in [0, 0.1) is 11.6 Å². The second kappa shape index (κ2) is 7.56. The molecule has 0 radical (unpaired) electrons. The van der Waals surface area contributed by atoms with Gasteiger partial charge in [0.25, 0.3) is 0 Å². The summed E-state index contributed by atoms with van der Waals surface area (Å²) < 4.78 is 28.7. The lowest BCUT2D eigenvalue weighted by Crippen LogP contribution is -2.17. The van der Waals surface area contributed by atoms with E-state index in [1.54, 1.807) is 4.68 Å². The molecule has 3 rings (SSSR count). The van der Waals surface area contributed by atoms with Gasteiger partial charge in [-0.2, -0.15) is 0 Å². The first kappa shape index (κ1) is 17.3. The number of carbonyl (C=O) groups is 1. The molecule has 1 aromatic heterocycles. The Morgan fingerprint density at radius 1 is 1.38 bits per heavy atom. The Kier molecular flexibility index (Phi) is 5.44. The van der Waals surface area contributed by atoms with Crippen molar-refractivity contribution < 1.29 is 13.6 Å². The maximum absolute atomic E-state index is 13.7. The highest BCUT2D eigenvalue weighted by atomic mass is 79.9. The summed E-state index contributed by atoms with van der Waals surface area (Å²) in [6.07, 6.45) is 4.34. The fourth-order valence-electron chi connectivity index (χ4n) is 2.63. The second-order valence-electron chi connectivity index (χ2n) is 5.43. The van der Waals surface area contributed by atoms with Gasteiger partial charge in [0.05, 0.1) is 17.5 Å². The molecule has 0 spiro atoms. The van der Waals surface area contributed by atoms with Crippen LogP contribution >= 0.6 is 27.7 Å². The van der Waals surface area contributed by atoms with Gasteiger partial charge in [0.15, 0.2) is 5.82 Å². The Morgan fingerprint density at radius 3 is 2.83 bits per heavy atom. The molecule has 1 saturated carbocycles. The number of hydrogen-bond acceptors (Lipinski definition) is 5. The molecule has 10 heteroatoms. The minimum Gasteiger partial charge on any atom is -0.322 e. The molecule has 1 N–H and O–H groups in total. The number of nitrogens with zero attached hydrogens (tertiary/aromatic N) is 4. The summed E-state index contributed by atoms with van der Waals surface area (Å²) in [7, 11) is 0. The first-order valence-corrected chi connectivity index (χ1v) is 9.17. The fourth-order valence-corrected chi connectivity index (χ4v) is 3.88. The topological polar surface area (TPSA) is 72.7 Å². The van der Waals surface area contributed by atoms with E-state index >= 15 is 0 Å². The molecule has 0 atom stereocenters. The first-order valence-electron chi connectivity index (χ1n) is 7.39. The molecule has 1 amide bonds. The standard InChI is InChI=1S/C14H14BrF2N5OS/c15-10-5-8(16)6-11(17)13(10)18-12(23)7-24-14-19-20-21-22(14)9-3-1-2-4-9/h5-6,9H,1-4,7H2,(H,18,23). The predicted octanol–water partition coefficient (Wildman–Crippen LogP) is 3.56. The van der Waals surface area contributed by atoms with Gasteiger partial charge in [-0.3, -0.25) is 4.79 Å². The number of tetrazole rings is 1. The van der Waals surface area contributed by atoms with Gasteiger partial charge in [-0.1, -0.05) is 24.6 Å². The van der Waals surface area contributed by atoms with Gasteiger partial charge < -0.3 is 5.32 Å². The Labute approximate surface area is 149 Å². The number of anilines is 1. The van der Waals surface area contributed by atoms with Crippen LogP contribution in [0.15, 0.2) is 21.8 Å². The van der Waals surface area contributed by atoms with Gasteiger partial charge in [0, 0.05) is 10.5 Å². The zero-order chi connectivity index (χ0) is 17.1.